The van der Waals surface area contributed by atoms with Gasteiger partial charge in [0.05, 0.1) is 12.7 Å². The van der Waals surface area contributed by atoms with Crippen LogP contribution in [0.3, 0.4) is 0 Å². The number of carboxylic acids is 1. The standard InChI is InChI=1S/C16H20O3/c1-16(2,3)11-13(15(17)18)8-5-12-6-9-14(19-4)10-7-12/h5-11H,1-4H3,(H,17,18). The van der Waals surface area contributed by atoms with E-state index in [9.17, 15) is 4.79 Å². The highest BCUT2D eigenvalue weighted by molar-refractivity contribution is 5.91. The number of carbonyl (C=O) groups is 1. The fourth-order valence-corrected chi connectivity index (χ4v) is 1.55. The molecule has 0 bridgehead atoms. The van der Waals surface area contributed by atoms with Gasteiger partial charge in [0.1, 0.15) is 5.75 Å². The second kappa shape index (κ2) is 6.23. The summed E-state index contributed by atoms with van der Waals surface area (Å²) in [6.07, 6.45) is 5.15. The molecule has 0 radical (unpaired) electrons. The van der Waals surface area contributed by atoms with Gasteiger partial charge in [-0.05, 0) is 29.2 Å². The van der Waals surface area contributed by atoms with Crippen molar-refractivity contribution in [2.24, 2.45) is 5.41 Å². The maximum absolute atomic E-state index is 11.2. The van der Waals surface area contributed by atoms with E-state index in [1.165, 1.54) is 0 Å². The first-order valence-electron chi connectivity index (χ1n) is 6.10. The Morgan fingerprint density at radius 1 is 1.21 bits per heavy atom. The van der Waals surface area contributed by atoms with Crippen molar-refractivity contribution in [2.75, 3.05) is 7.11 Å². The van der Waals surface area contributed by atoms with Gasteiger partial charge in [0.2, 0.25) is 0 Å². The van der Waals surface area contributed by atoms with Gasteiger partial charge in [-0.25, -0.2) is 4.79 Å². The minimum absolute atomic E-state index is 0.169. The van der Waals surface area contributed by atoms with E-state index in [1.807, 2.05) is 45.0 Å². The van der Waals surface area contributed by atoms with E-state index in [0.29, 0.717) is 5.57 Å². The Morgan fingerprint density at radius 2 is 1.79 bits per heavy atom. The Hall–Kier alpha value is -2.03. The van der Waals surface area contributed by atoms with E-state index in [-0.39, 0.29) is 5.41 Å². The maximum Gasteiger partial charge on any atom is 0.335 e. The molecule has 1 N–H and O–H groups in total. The fourth-order valence-electron chi connectivity index (χ4n) is 1.55. The molecule has 0 saturated heterocycles. The summed E-state index contributed by atoms with van der Waals surface area (Å²) < 4.78 is 5.07. The number of methoxy groups -OCH3 is 1. The Bertz CT molecular complexity index is 488. The molecule has 3 heteroatoms. The van der Waals surface area contributed by atoms with Gasteiger partial charge in [-0.1, -0.05) is 45.1 Å². The van der Waals surface area contributed by atoms with Gasteiger partial charge in [0, 0.05) is 0 Å². The van der Waals surface area contributed by atoms with E-state index >= 15 is 0 Å². The van der Waals surface area contributed by atoms with Crippen molar-refractivity contribution in [3.8, 4) is 5.75 Å². The molecule has 19 heavy (non-hydrogen) atoms. The largest absolute Gasteiger partial charge is 0.497 e. The predicted molar refractivity (Wildman–Crippen MR) is 77.2 cm³/mol. The lowest BCUT2D eigenvalue weighted by molar-refractivity contribution is -0.132. The maximum atomic E-state index is 11.2. The number of ether oxygens (including phenoxy) is 1. The van der Waals surface area contributed by atoms with Gasteiger partial charge >= 0.3 is 5.97 Å². The van der Waals surface area contributed by atoms with Crippen LogP contribution in [0, 0.1) is 5.41 Å². The molecular weight excluding hydrogens is 240 g/mol. The fraction of sp³-hybridized carbons (Fsp3) is 0.312. The third-order valence-electron chi connectivity index (χ3n) is 2.41. The summed E-state index contributed by atoms with van der Waals surface area (Å²) in [4.78, 5) is 11.2. The lowest BCUT2D eigenvalue weighted by Crippen LogP contribution is -2.06. The van der Waals surface area contributed by atoms with Gasteiger partial charge in [-0.3, -0.25) is 0 Å². The molecule has 0 aromatic heterocycles. The normalized spacial score (nSPS) is 12.7. The van der Waals surface area contributed by atoms with Crippen molar-refractivity contribution in [3.63, 3.8) is 0 Å². The smallest absolute Gasteiger partial charge is 0.335 e. The number of benzene rings is 1. The molecular formula is C16H20O3. The zero-order chi connectivity index (χ0) is 14.5. The van der Waals surface area contributed by atoms with Crippen LogP contribution < -0.4 is 4.74 Å². The van der Waals surface area contributed by atoms with Crippen LogP contribution in [0.1, 0.15) is 26.3 Å². The molecule has 0 aliphatic rings. The van der Waals surface area contributed by atoms with E-state index in [2.05, 4.69) is 0 Å². The lowest BCUT2D eigenvalue weighted by atomic mass is 9.93. The molecule has 0 unspecified atom stereocenters. The highest BCUT2D eigenvalue weighted by Crippen LogP contribution is 2.19. The van der Waals surface area contributed by atoms with Crippen LogP contribution in [0.4, 0.5) is 0 Å². The molecule has 0 fully saturated rings. The second-order valence-electron chi connectivity index (χ2n) is 5.38. The van der Waals surface area contributed by atoms with Crippen molar-refractivity contribution in [1.29, 1.82) is 0 Å². The first-order valence-corrected chi connectivity index (χ1v) is 6.10. The van der Waals surface area contributed by atoms with E-state index < -0.39 is 5.97 Å². The van der Waals surface area contributed by atoms with Crippen LogP contribution in [-0.4, -0.2) is 18.2 Å². The molecule has 0 heterocycles. The first-order chi connectivity index (χ1) is 8.81. The Morgan fingerprint density at radius 3 is 2.21 bits per heavy atom. The van der Waals surface area contributed by atoms with E-state index in [0.717, 1.165) is 11.3 Å². The Kier molecular flexibility index (Phi) is 4.93. The van der Waals surface area contributed by atoms with E-state index in [1.54, 1.807) is 25.3 Å². The highest BCUT2D eigenvalue weighted by Gasteiger charge is 2.11. The van der Waals surface area contributed by atoms with Crippen molar-refractivity contribution in [1.82, 2.24) is 0 Å². The third kappa shape index (κ3) is 5.42. The van der Waals surface area contributed by atoms with Crippen LogP contribution >= 0.6 is 0 Å². The third-order valence-corrected chi connectivity index (χ3v) is 2.41. The zero-order valence-corrected chi connectivity index (χ0v) is 11.8. The topological polar surface area (TPSA) is 46.5 Å². The summed E-state index contributed by atoms with van der Waals surface area (Å²) in [5, 5.41) is 9.16. The number of aliphatic carboxylic acids is 1. The average molecular weight is 260 g/mol. The van der Waals surface area contributed by atoms with Crippen LogP contribution in [0.2, 0.25) is 0 Å². The average Bonchev–Trinajstić information content (AvgIpc) is 2.33. The molecule has 0 amide bonds. The molecule has 0 atom stereocenters. The summed E-state index contributed by atoms with van der Waals surface area (Å²) in [5.74, 6) is -0.138. The van der Waals surface area contributed by atoms with Crippen LogP contribution in [0.25, 0.3) is 6.08 Å². The number of carboxylic acid groups (broad SMARTS) is 1. The Labute approximate surface area is 114 Å². The van der Waals surface area contributed by atoms with Gasteiger partial charge in [0.15, 0.2) is 0 Å². The van der Waals surface area contributed by atoms with Crippen LogP contribution in [0.15, 0.2) is 42.0 Å². The van der Waals surface area contributed by atoms with Crippen molar-refractivity contribution in [3.05, 3.63) is 47.6 Å². The zero-order valence-electron chi connectivity index (χ0n) is 11.8. The highest BCUT2D eigenvalue weighted by atomic mass is 16.5. The Balaban J connectivity index is 2.93. The molecule has 1 rings (SSSR count). The first kappa shape index (κ1) is 15.0. The quantitative estimate of drug-likeness (QED) is 0.662. The molecule has 0 aliphatic heterocycles. The molecule has 0 aliphatic carbocycles. The van der Waals surface area contributed by atoms with E-state index in [4.69, 9.17) is 9.84 Å². The van der Waals surface area contributed by atoms with Crippen molar-refractivity contribution < 1.29 is 14.6 Å². The van der Waals surface area contributed by atoms with Crippen LogP contribution in [0.5, 0.6) is 5.75 Å². The monoisotopic (exact) mass is 260 g/mol. The molecule has 1 aromatic rings. The van der Waals surface area contributed by atoms with Gasteiger partial charge in [-0.15, -0.1) is 0 Å². The second-order valence-corrected chi connectivity index (χ2v) is 5.38. The van der Waals surface area contributed by atoms with Gasteiger partial charge < -0.3 is 9.84 Å². The predicted octanol–water partition coefficient (Wildman–Crippen LogP) is 3.77. The van der Waals surface area contributed by atoms with Crippen molar-refractivity contribution >= 4 is 12.0 Å². The summed E-state index contributed by atoms with van der Waals surface area (Å²) in [6, 6.07) is 7.44. The number of allylic oxidation sites excluding steroid dienone is 1. The van der Waals surface area contributed by atoms with Gasteiger partial charge in [0.25, 0.3) is 0 Å². The molecule has 3 nitrogen and oxygen atoms in total. The van der Waals surface area contributed by atoms with Crippen molar-refractivity contribution in [2.45, 2.75) is 20.8 Å². The SMILES string of the molecule is COc1ccc(C=CC(=CC(C)(C)C)C(=O)O)cc1. The minimum Gasteiger partial charge on any atom is -0.497 e. The summed E-state index contributed by atoms with van der Waals surface area (Å²) in [5.41, 5.74) is 1.06. The summed E-state index contributed by atoms with van der Waals surface area (Å²) >= 11 is 0. The van der Waals surface area contributed by atoms with Gasteiger partial charge in [-0.2, -0.15) is 0 Å². The molecule has 0 spiro atoms. The summed E-state index contributed by atoms with van der Waals surface area (Å²) in [7, 11) is 1.61. The number of hydrogen-bond donors (Lipinski definition) is 1. The number of hydrogen-bond acceptors (Lipinski definition) is 2. The molecule has 1 aromatic carbocycles. The lowest BCUT2D eigenvalue weighted by Gasteiger charge is -2.12. The minimum atomic E-state index is -0.917. The molecule has 0 saturated carbocycles. The summed E-state index contributed by atoms with van der Waals surface area (Å²) in [6.45, 7) is 5.91. The van der Waals surface area contributed by atoms with Crippen LogP contribution in [-0.2, 0) is 4.79 Å². The number of rotatable bonds is 4. The molecule has 102 valence electrons.